The molecule has 5 nitrogen and oxygen atoms in total. The van der Waals surface area contributed by atoms with Gasteiger partial charge < -0.3 is 15.0 Å². The van der Waals surface area contributed by atoms with E-state index in [1.165, 1.54) is 17.3 Å². The topological polar surface area (TPSA) is 44.8 Å². The number of carbonyl (C=O) groups is 1. The Morgan fingerprint density at radius 1 is 1.03 bits per heavy atom. The molecule has 3 rings (SSSR count). The number of methoxy groups -OCH3 is 1. The smallest absolute Gasteiger partial charge is 0.283 e. The Bertz CT molecular complexity index is 763. The van der Waals surface area contributed by atoms with Gasteiger partial charge in [0.2, 0.25) is 0 Å². The van der Waals surface area contributed by atoms with Crippen molar-refractivity contribution in [2.24, 2.45) is 0 Å². The summed E-state index contributed by atoms with van der Waals surface area (Å²) in [6.45, 7) is 6.33. The number of nitrogens with one attached hydrogen (secondary N) is 1. The van der Waals surface area contributed by atoms with E-state index in [0.29, 0.717) is 0 Å². The normalized spacial score (nSPS) is 15.2. The third-order valence-electron chi connectivity index (χ3n) is 4.97. The van der Waals surface area contributed by atoms with Gasteiger partial charge >= 0.3 is 0 Å². The molecular weight excluding hydrogens is 406 g/mol. The van der Waals surface area contributed by atoms with E-state index in [9.17, 15) is 4.79 Å². The second kappa shape index (κ2) is 11.5. The van der Waals surface area contributed by atoms with Gasteiger partial charge in [-0.2, -0.15) is 0 Å². The molecule has 1 N–H and O–H groups in total. The Kier molecular flexibility index (Phi) is 8.68. The van der Waals surface area contributed by atoms with Gasteiger partial charge in [0.1, 0.15) is 5.75 Å². The molecule has 29 heavy (non-hydrogen) atoms. The average Bonchev–Trinajstić information content (AvgIpc) is 2.74. The van der Waals surface area contributed by atoms with Gasteiger partial charge in [-0.25, -0.2) is 0 Å². The quantitative estimate of drug-likeness (QED) is 0.604. The van der Waals surface area contributed by atoms with Crippen LogP contribution in [0.3, 0.4) is 0 Å². The lowest BCUT2D eigenvalue weighted by Crippen LogP contribution is -2.46. The van der Waals surface area contributed by atoms with Gasteiger partial charge in [0.25, 0.3) is 5.24 Å². The number of amides is 1. The number of nitrogens with zero attached hydrogens (tertiary/aromatic N) is 2. The lowest BCUT2D eigenvalue weighted by Gasteiger charge is -2.34. The third kappa shape index (κ3) is 7.55. The van der Waals surface area contributed by atoms with Crippen molar-refractivity contribution in [2.75, 3.05) is 50.9 Å². The summed E-state index contributed by atoms with van der Waals surface area (Å²) >= 11 is 7.30. The Morgan fingerprint density at radius 2 is 1.69 bits per heavy atom. The standard InChI is InChI=1S/C22H28ClN3O2S/c1-28-21-9-7-20(8-10-21)24-22(27)29-16-2-11-25-12-14-26(15-13-25)17-18-3-5-19(23)6-4-18/h3-10H,2,11-17H2,1H3,(H,24,27). The number of thioether (sulfide) groups is 1. The molecule has 7 heteroatoms. The van der Waals surface area contributed by atoms with E-state index in [2.05, 4.69) is 27.2 Å². The summed E-state index contributed by atoms with van der Waals surface area (Å²) < 4.78 is 5.12. The van der Waals surface area contributed by atoms with Crippen molar-refractivity contribution >= 4 is 34.3 Å². The van der Waals surface area contributed by atoms with Crippen LogP contribution in [0.15, 0.2) is 48.5 Å². The molecule has 0 aliphatic carbocycles. The van der Waals surface area contributed by atoms with Crippen molar-refractivity contribution in [2.45, 2.75) is 13.0 Å². The summed E-state index contributed by atoms with van der Waals surface area (Å²) in [4.78, 5) is 17.0. The molecule has 1 aliphatic rings. The Balaban J connectivity index is 1.27. The summed E-state index contributed by atoms with van der Waals surface area (Å²) in [6, 6.07) is 15.5. The van der Waals surface area contributed by atoms with E-state index >= 15 is 0 Å². The number of hydrogen-bond donors (Lipinski definition) is 1. The summed E-state index contributed by atoms with van der Waals surface area (Å²) in [6.07, 6.45) is 1.01. The van der Waals surface area contributed by atoms with Crippen LogP contribution in [0.5, 0.6) is 5.75 Å². The van der Waals surface area contributed by atoms with Crippen molar-refractivity contribution in [1.29, 1.82) is 0 Å². The van der Waals surface area contributed by atoms with Crippen LogP contribution in [-0.2, 0) is 6.54 Å². The largest absolute Gasteiger partial charge is 0.497 e. The van der Waals surface area contributed by atoms with Crippen LogP contribution in [0.25, 0.3) is 0 Å². The summed E-state index contributed by atoms with van der Waals surface area (Å²) in [7, 11) is 1.63. The number of ether oxygens (including phenoxy) is 1. The minimum Gasteiger partial charge on any atom is -0.497 e. The maximum Gasteiger partial charge on any atom is 0.283 e. The van der Waals surface area contributed by atoms with Crippen molar-refractivity contribution in [3.05, 3.63) is 59.1 Å². The monoisotopic (exact) mass is 433 g/mol. The van der Waals surface area contributed by atoms with E-state index in [1.54, 1.807) is 7.11 Å². The molecular formula is C22H28ClN3O2S. The molecule has 1 heterocycles. The van der Waals surface area contributed by atoms with Crippen LogP contribution in [0.1, 0.15) is 12.0 Å². The van der Waals surface area contributed by atoms with Crippen LogP contribution in [0, 0.1) is 0 Å². The van der Waals surface area contributed by atoms with Crippen molar-refractivity contribution in [3.8, 4) is 5.75 Å². The number of anilines is 1. The van der Waals surface area contributed by atoms with Crippen LogP contribution >= 0.6 is 23.4 Å². The maximum atomic E-state index is 12.0. The zero-order valence-electron chi connectivity index (χ0n) is 16.8. The maximum absolute atomic E-state index is 12.0. The fraction of sp³-hybridized carbons (Fsp3) is 0.409. The highest BCUT2D eigenvalue weighted by Gasteiger charge is 2.16. The second-order valence-electron chi connectivity index (χ2n) is 7.09. The first-order chi connectivity index (χ1) is 14.1. The lowest BCUT2D eigenvalue weighted by molar-refractivity contribution is 0.127. The molecule has 1 aliphatic heterocycles. The lowest BCUT2D eigenvalue weighted by atomic mass is 10.2. The Morgan fingerprint density at radius 3 is 2.34 bits per heavy atom. The van der Waals surface area contributed by atoms with Crippen LogP contribution < -0.4 is 10.1 Å². The van der Waals surface area contributed by atoms with Gasteiger partial charge in [-0.15, -0.1) is 0 Å². The van der Waals surface area contributed by atoms with Crippen molar-refractivity contribution in [1.82, 2.24) is 9.80 Å². The summed E-state index contributed by atoms with van der Waals surface area (Å²) in [5, 5.41) is 3.68. The minimum absolute atomic E-state index is 0.0112. The number of piperazine rings is 1. The molecule has 0 spiro atoms. The second-order valence-corrected chi connectivity index (χ2v) is 8.59. The zero-order valence-corrected chi connectivity index (χ0v) is 18.3. The first-order valence-electron chi connectivity index (χ1n) is 9.89. The van der Waals surface area contributed by atoms with Crippen LogP contribution in [-0.4, -0.2) is 60.6 Å². The van der Waals surface area contributed by atoms with Gasteiger partial charge in [-0.3, -0.25) is 9.69 Å². The number of rotatable bonds is 8. The highest BCUT2D eigenvalue weighted by Crippen LogP contribution is 2.17. The molecule has 1 fully saturated rings. The molecule has 0 bridgehead atoms. The molecule has 0 atom stereocenters. The number of hydrogen-bond acceptors (Lipinski definition) is 5. The number of halogens is 1. The van der Waals surface area contributed by atoms with E-state index in [4.69, 9.17) is 16.3 Å². The molecule has 0 unspecified atom stereocenters. The molecule has 156 valence electrons. The summed E-state index contributed by atoms with van der Waals surface area (Å²) in [5.74, 6) is 1.61. The predicted octanol–water partition coefficient (Wildman–Crippen LogP) is 4.82. The van der Waals surface area contributed by atoms with E-state index in [1.807, 2.05) is 36.4 Å². The molecule has 0 saturated carbocycles. The fourth-order valence-corrected chi connectivity index (χ4v) is 4.08. The van der Waals surface area contributed by atoms with E-state index < -0.39 is 0 Å². The molecule has 0 radical (unpaired) electrons. The van der Waals surface area contributed by atoms with Crippen molar-refractivity contribution < 1.29 is 9.53 Å². The van der Waals surface area contributed by atoms with Crippen LogP contribution in [0.2, 0.25) is 5.02 Å². The van der Waals surface area contributed by atoms with Gasteiger partial charge in [-0.1, -0.05) is 35.5 Å². The molecule has 1 amide bonds. The molecule has 0 aromatic heterocycles. The van der Waals surface area contributed by atoms with Crippen molar-refractivity contribution in [3.63, 3.8) is 0 Å². The minimum atomic E-state index is -0.0112. The molecule has 2 aromatic rings. The fourth-order valence-electron chi connectivity index (χ4n) is 3.30. The van der Waals surface area contributed by atoms with E-state index in [0.717, 1.165) is 67.9 Å². The predicted molar refractivity (Wildman–Crippen MR) is 122 cm³/mol. The molecule has 1 saturated heterocycles. The third-order valence-corrected chi connectivity index (χ3v) is 6.08. The Hall–Kier alpha value is -1.73. The van der Waals surface area contributed by atoms with E-state index in [-0.39, 0.29) is 5.24 Å². The highest BCUT2D eigenvalue weighted by molar-refractivity contribution is 8.13. The van der Waals surface area contributed by atoms with Crippen LogP contribution in [0.4, 0.5) is 10.5 Å². The molecule has 2 aromatic carbocycles. The average molecular weight is 434 g/mol. The van der Waals surface area contributed by atoms with Gasteiger partial charge in [-0.05, 0) is 54.9 Å². The number of carbonyl (C=O) groups excluding carboxylic acids is 1. The highest BCUT2D eigenvalue weighted by atomic mass is 35.5. The summed E-state index contributed by atoms with van der Waals surface area (Å²) in [5.41, 5.74) is 2.10. The zero-order chi connectivity index (χ0) is 20.5. The van der Waals surface area contributed by atoms with Gasteiger partial charge in [0.05, 0.1) is 7.11 Å². The first kappa shape index (κ1) is 22.0. The van der Waals surface area contributed by atoms with Gasteiger partial charge in [0, 0.05) is 49.2 Å². The first-order valence-corrected chi connectivity index (χ1v) is 11.3. The number of benzene rings is 2. The Labute approximate surface area is 182 Å². The van der Waals surface area contributed by atoms with Gasteiger partial charge in [0.15, 0.2) is 0 Å². The SMILES string of the molecule is COc1ccc(NC(=O)SCCCN2CCN(Cc3ccc(Cl)cc3)CC2)cc1.